The van der Waals surface area contributed by atoms with Crippen LogP contribution in [-0.2, 0) is 10.8 Å². The molecule has 0 N–H and O–H groups in total. The van der Waals surface area contributed by atoms with Crippen LogP contribution in [0.4, 0.5) is 0 Å². The third-order valence-corrected chi connectivity index (χ3v) is 19.8. The second-order valence-corrected chi connectivity index (χ2v) is 25.3. The average molecular weight is 1110 g/mol. The summed E-state index contributed by atoms with van der Waals surface area (Å²) in [5.41, 5.74) is 31.0. The van der Waals surface area contributed by atoms with Gasteiger partial charge in [0.05, 0.1) is 33.1 Å². The van der Waals surface area contributed by atoms with Gasteiger partial charge < -0.3 is 13.7 Å². The highest BCUT2D eigenvalue weighted by Crippen LogP contribution is 2.52. The van der Waals surface area contributed by atoms with Crippen LogP contribution in [-0.4, -0.2) is 13.7 Å². The van der Waals surface area contributed by atoms with E-state index in [1.165, 1.54) is 154 Å². The Bertz CT molecular complexity index is 5230. The first-order valence-electron chi connectivity index (χ1n) is 30.6. The molecule has 3 heteroatoms. The molecule has 0 radical (unpaired) electrons. The van der Waals surface area contributed by atoms with Gasteiger partial charge in [-0.05, 0) is 210 Å². The van der Waals surface area contributed by atoms with Crippen molar-refractivity contribution in [3.8, 4) is 83.8 Å². The number of hydrogen-bond donors (Lipinski definition) is 0. The number of para-hydroxylation sites is 3. The molecule has 2 aliphatic rings. The van der Waals surface area contributed by atoms with Gasteiger partial charge in [-0.15, -0.1) is 0 Å². The van der Waals surface area contributed by atoms with Crippen LogP contribution < -0.4 is 0 Å². The van der Waals surface area contributed by atoms with Crippen molar-refractivity contribution in [2.75, 3.05) is 0 Å². The number of nitrogens with zero attached hydrogens (tertiary/aromatic N) is 3. The molecule has 0 atom stereocenters. The fourth-order valence-corrected chi connectivity index (χ4v) is 15.5. The Morgan fingerprint density at radius 3 is 0.690 bits per heavy atom. The van der Waals surface area contributed by atoms with E-state index in [0.29, 0.717) is 0 Å². The lowest BCUT2D eigenvalue weighted by Gasteiger charge is -2.22. The summed E-state index contributed by atoms with van der Waals surface area (Å²) >= 11 is 0. The minimum absolute atomic E-state index is 0.0814. The third-order valence-electron chi connectivity index (χ3n) is 19.8. The minimum atomic E-state index is -0.0814. The molecule has 13 aromatic carbocycles. The maximum absolute atomic E-state index is 2.44. The molecule has 16 aromatic rings. The monoisotopic (exact) mass is 1110 g/mol. The molecule has 2 aliphatic carbocycles. The molecule has 0 spiro atoms. The number of benzene rings is 13. The highest BCUT2D eigenvalue weighted by Gasteiger charge is 2.37. The van der Waals surface area contributed by atoms with Gasteiger partial charge in [-0.2, -0.15) is 0 Å². The molecule has 0 saturated carbocycles. The van der Waals surface area contributed by atoms with E-state index < -0.39 is 0 Å². The zero-order valence-corrected chi connectivity index (χ0v) is 49.0. The molecule has 18 rings (SSSR count). The van der Waals surface area contributed by atoms with Crippen molar-refractivity contribution >= 4 is 65.4 Å². The molecule has 410 valence electrons. The normalized spacial score (nSPS) is 13.7. The van der Waals surface area contributed by atoms with Crippen LogP contribution in [0.25, 0.3) is 149 Å². The Morgan fingerprint density at radius 1 is 0.195 bits per heavy atom. The van der Waals surface area contributed by atoms with Gasteiger partial charge in [0, 0.05) is 60.2 Å². The highest BCUT2D eigenvalue weighted by atomic mass is 15.0. The average Bonchev–Trinajstić information content (AvgIpc) is 2.66. The number of aromatic nitrogens is 3. The topological polar surface area (TPSA) is 14.8 Å². The molecule has 3 nitrogen and oxygen atoms in total. The first-order chi connectivity index (χ1) is 42.6. The van der Waals surface area contributed by atoms with Crippen LogP contribution in [0.1, 0.15) is 49.9 Å². The Labute approximate surface area is 505 Å². The largest absolute Gasteiger partial charge is 0.309 e. The minimum Gasteiger partial charge on any atom is -0.309 e. The van der Waals surface area contributed by atoms with E-state index in [1.807, 2.05) is 0 Å². The quantitative estimate of drug-likeness (QED) is 0.151. The van der Waals surface area contributed by atoms with Crippen LogP contribution in [0, 0.1) is 0 Å². The van der Waals surface area contributed by atoms with Crippen LogP contribution >= 0.6 is 0 Å². The molecule has 0 aliphatic heterocycles. The van der Waals surface area contributed by atoms with Crippen molar-refractivity contribution in [1.29, 1.82) is 0 Å². The Morgan fingerprint density at radius 2 is 0.414 bits per heavy atom. The van der Waals surface area contributed by atoms with E-state index in [-0.39, 0.29) is 10.8 Å². The first-order valence-corrected chi connectivity index (χ1v) is 30.6. The van der Waals surface area contributed by atoms with Gasteiger partial charge in [-0.1, -0.05) is 191 Å². The van der Waals surface area contributed by atoms with E-state index in [4.69, 9.17) is 0 Å². The predicted octanol–water partition coefficient (Wildman–Crippen LogP) is 22.3. The molecule has 3 heterocycles. The molecular formula is C84H59N3. The van der Waals surface area contributed by atoms with Crippen molar-refractivity contribution in [2.24, 2.45) is 0 Å². The summed E-state index contributed by atoms with van der Waals surface area (Å²) in [6.07, 6.45) is 0. The van der Waals surface area contributed by atoms with Gasteiger partial charge in [0.15, 0.2) is 0 Å². The second-order valence-electron chi connectivity index (χ2n) is 25.3. The second kappa shape index (κ2) is 18.4. The predicted molar refractivity (Wildman–Crippen MR) is 366 cm³/mol. The summed E-state index contributed by atoms with van der Waals surface area (Å²) in [5.74, 6) is 0. The van der Waals surface area contributed by atoms with Gasteiger partial charge in [0.2, 0.25) is 0 Å². The molecule has 0 saturated heterocycles. The van der Waals surface area contributed by atoms with Crippen molar-refractivity contribution in [1.82, 2.24) is 13.7 Å². The molecule has 0 amide bonds. The van der Waals surface area contributed by atoms with Gasteiger partial charge in [0.1, 0.15) is 0 Å². The highest BCUT2D eigenvalue weighted by molar-refractivity contribution is 6.15. The van der Waals surface area contributed by atoms with Crippen molar-refractivity contribution in [3.63, 3.8) is 0 Å². The number of fused-ring (bicyclic) bond motifs is 15. The van der Waals surface area contributed by atoms with Crippen LogP contribution in [0.3, 0.4) is 0 Å². The summed E-state index contributed by atoms with van der Waals surface area (Å²) in [6.45, 7) is 9.47. The van der Waals surface area contributed by atoms with Crippen molar-refractivity contribution < 1.29 is 0 Å². The van der Waals surface area contributed by atoms with E-state index >= 15 is 0 Å². The SMILES string of the molecule is CC1(C)c2ccccc2-c2ccc(-c3ccc4c(c3)c3cc(-c5ccc6c(c5)c5cc(-c7ccc8c(c7)c7cc(-c9ccc%10c(c9)C(C)(C)c9ccccc9-%10)ccc7n8-c7ccccc7)ccc5n6-c5ccccc5)ccc3n4-c3ccccc3)cc21. The lowest BCUT2D eigenvalue weighted by molar-refractivity contribution is 0.660. The van der Waals surface area contributed by atoms with E-state index in [1.54, 1.807) is 0 Å². The van der Waals surface area contributed by atoms with Gasteiger partial charge in [0.25, 0.3) is 0 Å². The zero-order chi connectivity index (χ0) is 57.9. The van der Waals surface area contributed by atoms with E-state index in [2.05, 4.69) is 327 Å². The zero-order valence-electron chi connectivity index (χ0n) is 49.0. The van der Waals surface area contributed by atoms with Crippen molar-refractivity contribution in [2.45, 2.75) is 38.5 Å². The maximum atomic E-state index is 2.44. The van der Waals surface area contributed by atoms with Gasteiger partial charge >= 0.3 is 0 Å². The first kappa shape index (κ1) is 49.7. The molecular weight excluding hydrogens is 1050 g/mol. The molecule has 0 fully saturated rings. The molecule has 0 bridgehead atoms. The fourth-order valence-electron chi connectivity index (χ4n) is 15.5. The van der Waals surface area contributed by atoms with Crippen LogP contribution in [0.2, 0.25) is 0 Å². The Balaban J connectivity index is 0.785. The summed E-state index contributed by atoms with van der Waals surface area (Å²) < 4.78 is 7.30. The fraction of sp³-hybridized carbons (Fsp3) is 0.0714. The van der Waals surface area contributed by atoms with Gasteiger partial charge in [-0.3, -0.25) is 0 Å². The number of rotatable bonds is 7. The van der Waals surface area contributed by atoms with Gasteiger partial charge in [-0.25, -0.2) is 0 Å². The third kappa shape index (κ3) is 7.30. The van der Waals surface area contributed by atoms with E-state index in [9.17, 15) is 0 Å². The van der Waals surface area contributed by atoms with Crippen molar-refractivity contribution in [3.05, 3.63) is 307 Å². The summed E-state index contributed by atoms with van der Waals surface area (Å²) in [4.78, 5) is 0. The number of hydrogen-bond acceptors (Lipinski definition) is 0. The summed E-state index contributed by atoms with van der Waals surface area (Å²) in [6, 6.07) is 107. The Hall–Kier alpha value is -10.7. The van der Waals surface area contributed by atoms with Crippen LogP contribution in [0.15, 0.2) is 285 Å². The lowest BCUT2D eigenvalue weighted by Crippen LogP contribution is -2.14. The Kier molecular flexibility index (Phi) is 10.5. The van der Waals surface area contributed by atoms with Crippen LogP contribution in [0.5, 0.6) is 0 Å². The lowest BCUT2D eigenvalue weighted by atomic mass is 9.81. The smallest absolute Gasteiger partial charge is 0.0541 e. The summed E-state index contributed by atoms with van der Waals surface area (Å²) in [5, 5.41) is 7.37. The molecule has 3 aromatic heterocycles. The molecule has 87 heavy (non-hydrogen) atoms. The summed E-state index contributed by atoms with van der Waals surface area (Å²) in [7, 11) is 0. The maximum Gasteiger partial charge on any atom is 0.0541 e. The van der Waals surface area contributed by atoms with E-state index in [0.717, 1.165) is 17.1 Å². The molecule has 0 unspecified atom stereocenters. The standard InChI is InChI=1S/C84H59N3/c1-83(2)73-26-16-14-24-63(73)65-36-28-58(50-75(65)83)56-34-42-81-71(48-56)69-46-54(32-40-79(69)86(81)61-20-10-6-11-21-61)52-30-38-77-67(44-52)68-45-53(31-39-78(68)85(77)60-18-8-5-9-19-60)55-33-41-80-70(47-55)72-49-57(35-43-82(72)87(80)62-22-12-7-13-23-62)59-29-37-66-64-25-15-17-27-74(64)84(3,4)76(66)51-59/h5-51H,1-4H3.